The maximum absolute atomic E-state index is 12.7. The standard InChI is InChI=1S/C19H19N3O4S2/c1-5-26-18(24)15-11(3)21-19(28-15)22-16(23)14-10(2)20-17(27-14)12-6-8-13(25-4)9-7-12/h6-9H,5H2,1-4H3,(H,21,22,23). The van der Waals surface area contributed by atoms with Crippen molar-refractivity contribution in [3.8, 4) is 16.3 Å². The largest absolute Gasteiger partial charge is 0.497 e. The zero-order valence-electron chi connectivity index (χ0n) is 15.9. The number of nitrogens with zero attached hydrogens (tertiary/aromatic N) is 2. The van der Waals surface area contributed by atoms with Crippen molar-refractivity contribution in [3.63, 3.8) is 0 Å². The first kappa shape index (κ1) is 20.0. The second kappa shape index (κ2) is 8.49. The van der Waals surface area contributed by atoms with Crippen LogP contribution in [0, 0.1) is 13.8 Å². The molecule has 3 rings (SSSR count). The van der Waals surface area contributed by atoms with Crippen molar-refractivity contribution in [1.29, 1.82) is 0 Å². The first-order chi connectivity index (χ1) is 13.4. The monoisotopic (exact) mass is 417 g/mol. The number of benzene rings is 1. The summed E-state index contributed by atoms with van der Waals surface area (Å²) in [6.07, 6.45) is 0. The van der Waals surface area contributed by atoms with Crippen LogP contribution in [0.15, 0.2) is 24.3 Å². The van der Waals surface area contributed by atoms with Gasteiger partial charge in [0.05, 0.1) is 25.1 Å². The minimum atomic E-state index is -0.436. The zero-order chi connectivity index (χ0) is 20.3. The van der Waals surface area contributed by atoms with Gasteiger partial charge in [-0.2, -0.15) is 0 Å². The first-order valence-electron chi connectivity index (χ1n) is 8.50. The summed E-state index contributed by atoms with van der Waals surface area (Å²) in [5.41, 5.74) is 2.06. The van der Waals surface area contributed by atoms with Crippen LogP contribution < -0.4 is 10.1 Å². The van der Waals surface area contributed by atoms with E-state index in [0.29, 0.717) is 26.3 Å². The minimum Gasteiger partial charge on any atom is -0.497 e. The van der Waals surface area contributed by atoms with Gasteiger partial charge in [-0.05, 0) is 45.0 Å². The Morgan fingerprint density at radius 3 is 2.36 bits per heavy atom. The summed E-state index contributed by atoms with van der Waals surface area (Å²) in [5, 5.41) is 3.85. The summed E-state index contributed by atoms with van der Waals surface area (Å²) in [5.74, 6) is 0.0132. The molecule has 0 aliphatic carbocycles. The third-order valence-electron chi connectivity index (χ3n) is 3.82. The average Bonchev–Trinajstić information content (AvgIpc) is 3.24. The van der Waals surface area contributed by atoms with Gasteiger partial charge < -0.3 is 9.47 Å². The molecular weight excluding hydrogens is 398 g/mol. The maximum atomic E-state index is 12.7. The number of carbonyl (C=O) groups is 2. The number of esters is 1. The normalized spacial score (nSPS) is 10.6. The number of rotatable bonds is 6. The van der Waals surface area contributed by atoms with Gasteiger partial charge in [0, 0.05) is 5.56 Å². The van der Waals surface area contributed by atoms with Crippen LogP contribution in [0.4, 0.5) is 5.13 Å². The smallest absolute Gasteiger partial charge is 0.350 e. The van der Waals surface area contributed by atoms with Crippen molar-refractivity contribution >= 4 is 39.7 Å². The van der Waals surface area contributed by atoms with Gasteiger partial charge in [-0.25, -0.2) is 14.8 Å². The Kier molecular flexibility index (Phi) is 6.05. The summed E-state index contributed by atoms with van der Waals surface area (Å²) < 4.78 is 10.2. The molecule has 0 saturated carbocycles. The van der Waals surface area contributed by atoms with Crippen molar-refractivity contribution < 1.29 is 19.1 Å². The van der Waals surface area contributed by atoms with Crippen LogP contribution in [0.2, 0.25) is 0 Å². The van der Waals surface area contributed by atoms with E-state index in [-0.39, 0.29) is 12.5 Å². The number of carbonyl (C=O) groups excluding carboxylic acids is 2. The highest BCUT2D eigenvalue weighted by atomic mass is 32.1. The van der Waals surface area contributed by atoms with Crippen molar-refractivity contribution in [2.24, 2.45) is 0 Å². The van der Waals surface area contributed by atoms with Gasteiger partial charge in [0.2, 0.25) is 0 Å². The molecule has 0 aliphatic heterocycles. The number of aromatic nitrogens is 2. The Morgan fingerprint density at radius 1 is 1.04 bits per heavy atom. The van der Waals surface area contributed by atoms with Crippen molar-refractivity contribution in [2.75, 3.05) is 19.0 Å². The lowest BCUT2D eigenvalue weighted by molar-refractivity contribution is 0.0531. The molecule has 0 atom stereocenters. The zero-order valence-corrected chi connectivity index (χ0v) is 17.5. The Morgan fingerprint density at radius 2 is 1.71 bits per heavy atom. The fraction of sp³-hybridized carbons (Fsp3) is 0.263. The molecule has 0 radical (unpaired) electrons. The maximum Gasteiger partial charge on any atom is 0.350 e. The summed E-state index contributed by atoms with van der Waals surface area (Å²) in [6.45, 7) is 5.52. The molecule has 3 aromatic rings. The summed E-state index contributed by atoms with van der Waals surface area (Å²) >= 11 is 2.40. The molecule has 2 heterocycles. The van der Waals surface area contributed by atoms with Crippen molar-refractivity contribution in [2.45, 2.75) is 20.8 Å². The molecule has 1 N–H and O–H groups in total. The fourth-order valence-electron chi connectivity index (χ4n) is 2.45. The van der Waals surface area contributed by atoms with Crippen LogP contribution >= 0.6 is 22.7 Å². The van der Waals surface area contributed by atoms with E-state index in [4.69, 9.17) is 9.47 Å². The molecule has 0 aliphatic rings. The molecule has 0 unspecified atom stereocenters. The van der Waals surface area contributed by atoms with E-state index in [0.717, 1.165) is 27.7 Å². The fourth-order valence-corrected chi connectivity index (χ4v) is 4.28. The van der Waals surface area contributed by atoms with Gasteiger partial charge in [0.25, 0.3) is 5.91 Å². The van der Waals surface area contributed by atoms with Gasteiger partial charge in [0.15, 0.2) is 5.13 Å². The molecule has 0 fully saturated rings. The van der Waals surface area contributed by atoms with E-state index < -0.39 is 5.97 Å². The number of thiazole rings is 2. The molecule has 28 heavy (non-hydrogen) atoms. The summed E-state index contributed by atoms with van der Waals surface area (Å²) in [4.78, 5) is 34.2. The first-order valence-corrected chi connectivity index (χ1v) is 10.1. The van der Waals surface area contributed by atoms with Crippen LogP contribution in [-0.2, 0) is 4.74 Å². The Balaban J connectivity index is 1.79. The predicted octanol–water partition coefficient (Wildman–Crippen LogP) is 4.32. The Hall–Kier alpha value is -2.78. The van der Waals surface area contributed by atoms with Crippen LogP contribution in [0.5, 0.6) is 5.75 Å². The molecule has 7 nitrogen and oxygen atoms in total. The molecule has 9 heteroatoms. The van der Waals surface area contributed by atoms with Crippen LogP contribution in [0.1, 0.15) is 37.7 Å². The van der Waals surface area contributed by atoms with E-state index in [1.54, 1.807) is 27.9 Å². The molecule has 1 aromatic carbocycles. The minimum absolute atomic E-state index is 0.284. The third-order valence-corrected chi connectivity index (χ3v) is 6.08. The number of ether oxygens (including phenoxy) is 2. The van der Waals surface area contributed by atoms with E-state index >= 15 is 0 Å². The lowest BCUT2D eigenvalue weighted by Crippen LogP contribution is -2.11. The average molecular weight is 418 g/mol. The number of amides is 1. The van der Waals surface area contributed by atoms with E-state index in [1.807, 2.05) is 24.3 Å². The predicted molar refractivity (Wildman–Crippen MR) is 110 cm³/mol. The van der Waals surface area contributed by atoms with Gasteiger partial charge in [-0.1, -0.05) is 11.3 Å². The van der Waals surface area contributed by atoms with Crippen LogP contribution in [0.3, 0.4) is 0 Å². The van der Waals surface area contributed by atoms with Gasteiger partial charge in [-0.15, -0.1) is 11.3 Å². The highest BCUT2D eigenvalue weighted by molar-refractivity contribution is 7.18. The molecule has 146 valence electrons. The van der Waals surface area contributed by atoms with Gasteiger partial charge >= 0.3 is 5.97 Å². The second-order valence-electron chi connectivity index (χ2n) is 5.77. The van der Waals surface area contributed by atoms with Crippen LogP contribution in [0.25, 0.3) is 10.6 Å². The third kappa shape index (κ3) is 4.20. The summed E-state index contributed by atoms with van der Waals surface area (Å²) in [7, 11) is 1.61. The number of hydrogen-bond acceptors (Lipinski definition) is 8. The van der Waals surface area contributed by atoms with Gasteiger partial charge in [-0.3, -0.25) is 10.1 Å². The van der Waals surface area contributed by atoms with E-state index in [1.165, 1.54) is 11.3 Å². The quantitative estimate of drug-likeness (QED) is 0.601. The lowest BCUT2D eigenvalue weighted by Gasteiger charge is -2.00. The van der Waals surface area contributed by atoms with Crippen LogP contribution in [-0.4, -0.2) is 35.6 Å². The number of anilines is 1. The highest BCUT2D eigenvalue weighted by Crippen LogP contribution is 2.30. The summed E-state index contributed by atoms with van der Waals surface area (Å²) in [6, 6.07) is 7.49. The molecule has 0 spiro atoms. The Labute approximate surface area is 170 Å². The van der Waals surface area contributed by atoms with Gasteiger partial charge in [0.1, 0.15) is 20.5 Å². The van der Waals surface area contributed by atoms with Crippen molar-refractivity contribution in [3.05, 3.63) is 45.4 Å². The molecule has 0 saturated heterocycles. The molecule has 0 bridgehead atoms. The molecule has 1 amide bonds. The van der Waals surface area contributed by atoms with Crippen molar-refractivity contribution in [1.82, 2.24) is 9.97 Å². The highest BCUT2D eigenvalue weighted by Gasteiger charge is 2.21. The molecule has 2 aromatic heterocycles. The van der Waals surface area contributed by atoms with E-state index in [9.17, 15) is 9.59 Å². The molecular formula is C19H19N3O4S2. The lowest BCUT2D eigenvalue weighted by atomic mass is 10.2. The Bertz CT molecular complexity index is 1010. The SMILES string of the molecule is CCOC(=O)c1sc(NC(=O)c2sc(-c3ccc(OC)cc3)nc2C)nc1C. The number of aryl methyl sites for hydroxylation is 2. The topological polar surface area (TPSA) is 90.4 Å². The number of methoxy groups -OCH3 is 1. The number of nitrogens with one attached hydrogen (secondary N) is 1. The van der Waals surface area contributed by atoms with E-state index in [2.05, 4.69) is 15.3 Å². The number of hydrogen-bond donors (Lipinski definition) is 1. The second-order valence-corrected chi connectivity index (χ2v) is 7.77.